The Hall–Kier alpha value is -2.78. The molecule has 0 unspecified atom stereocenters. The van der Waals surface area contributed by atoms with E-state index in [-0.39, 0.29) is 21.9 Å². The standard InChI is InChI=1S/C16H18N2O6S/c1-22-11-5-6-12(14(9-11)24-3)16(19)18-10-4-7-13(23-2)15(8-10)25(17,20)21/h4-9H,1-3H3,(H,18,19)(H2,17,20,21). The monoisotopic (exact) mass is 366 g/mol. The Kier molecular flexibility index (Phi) is 5.50. The molecule has 0 saturated heterocycles. The smallest absolute Gasteiger partial charge is 0.259 e. The number of benzene rings is 2. The second-order valence-electron chi connectivity index (χ2n) is 4.93. The number of nitrogens with one attached hydrogen (secondary N) is 1. The van der Waals surface area contributed by atoms with Crippen molar-refractivity contribution in [3.8, 4) is 17.2 Å². The van der Waals surface area contributed by atoms with Crippen LogP contribution in [0.25, 0.3) is 0 Å². The summed E-state index contributed by atoms with van der Waals surface area (Å²) in [6, 6.07) is 8.85. The van der Waals surface area contributed by atoms with Gasteiger partial charge in [-0.3, -0.25) is 4.79 Å². The number of methoxy groups -OCH3 is 3. The topological polar surface area (TPSA) is 117 Å². The fourth-order valence-electron chi connectivity index (χ4n) is 2.16. The molecule has 134 valence electrons. The van der Waals surface area contributed by atoms with E-state index < -0.39 is 15.9 Å². The van der Waals surface area contributed by atoms with Crippen LogP contribution in [0, 0.1) is 0 Å². The molecular weight excluding hydrogens is 348 g/mol. The van der Waals surface area contributed by atoms with Gasteiger partial charge in [0.2, 0.25) is 10.0 Å². The number of rotatable bonds is 6. The van der Waals surface area contributed by atoms with Gasteiger partial charge in [0.25, 0.3) is 5.91 Å². The molecule has 25 heavy (non-hydrogen) atoms. The Morgan fingerprint density at radius 2 is 1.64 bits per heavy atom. The van der Waals surface area contributed by atoms with Gasteiger partial charge in [0.05, 0.1) is 26.9 Å². The number of sulfonamides is 1. The number of hydrogen-bond acceptors (Lipinski definition) is 6. The van der Waals surface area contributed by atoms with E-state index in [2.05, 4.69) is 5.32 Å². The Labute approximate surface area is 145 Å². The highest BCUT2D eigenvalue weighted by Gasteiger charge is 2.18. The molecular formula is C16H18N2O6S. The van der Waals surface area contributed by atoms with Gasteiger partial charge in [-0.05, 0) is 30.3 Å². The Morgan fingerprint density at radius 1 is 0.960 bits per heavy atom. The number of hydrogen-bond donors (Lipinski definition) is 2. The summed E-state index contributed by atoms with van der Waals surface area (Å²) >= 11 is 0. The quantitative estimate of drug-likeness (QED) is 0.802. The van der Waals surface area contributed by atoms with E-state index >= 15 is 0 Å². The minimum Gasteiger partial charge on any atom is -0.497 e. The molecule has 0 aliphatic carbocycles. The molecule has 0 aromatic heterocycles. The van der Waals surface area contributed by atoms with E-state index in [0.29, 0.717) is 11.5 Å². The van der Waals surface area contributed by atoms with Crippen LogP contribution in [0.15, 0.2) is 41.3 Å². The number of carbonyl (C=O) groups excluding carboxylic acids is 1. The maximum atomic E-state index is 12.5. The van der Waals surface area contributed by atoms with E-state index in [9.17, 15) is 13.2 Å². The Bertz CT molecular complexity index is 895. The van der Waals surface area contributed by atoms with Crippen LogP contribution in [0.2, 0.25) is 0 Å². The van der Waals surface area contributed by atoms with Gasteiger partial charge < -0.3 is 19.5 Å². The first-order valence-corrected chi connectivity index (χ1v) is 8.59. The molecule has 0 saturated carbocycles. The second kappa shape index (κ2) is 7.41. The summed E-state index contributed by atoms with van der Waals surface area (Å²) in [5, 5.41) is 7.77. The lowest BCUT2D eigenvalue weighted by Crippen LogP contribution is -2.16. The highest BCUT2D eigenvalue weighted by atomic mass is 32.2. The van der Waals surface area contributed by atoms with Crippen molar-refractivity contribution in [2.24, 2.45) is 5.14 Å². The van der Waals surface area contributed by atoms with Gasteiger partial charge in [0.15, 0.2) is 0 Å². The van der Waals surface area contributed by atoms with E-state index in [0.717, 1.165) is 0 Å². The van der Waals surface area contributed by atoms with Crippen molar-refractivity contribution >= 4 is 21.6 Å². The third-order valence-electron chi connectivity index (χ3n) is 3.38. The summed E-state index contributed by atoms with van der Waals surface area (Å²) in [7, 11) is 0.245. The number of anilines is 1. The summed E-state index contributed by atoms with van der Waals surface area (Å²) in [5.41, 5.74) is 0.504. The van der Waals surface area contributed by atoms with Crippen LogP contribution in [0.4, 0.5) is 5.69 Å². The molecule has 2 aromatic rings. The number of nitrogens with two attached hydrogens (primary N) is 1. The zero-order valence-corrected chi connectivity index (χ0v) is 14.7. The van der Waals surface area contributed by atoms with E-state index in [1.807, 2.05) is 0 Å². The highest BCUT2D eigenvalue weighted by molar-refractivity contribution is 7.89. The van der Waals surface area contributed by atoms with Gasteiger partial charge in [-0.25, -0.2) is 13.6 Å². The maximum Gasteiger partial charge on any atom is 0.259 e. The molecule has 0 aliphatic heterocycles. The lowest BCUT2D eigenvalue weighted by Gasteiger charge is -2.12. The van der Waals surface area contributed by atoms with E-state index in [1.54, 1.807) is 12.1 Å². The highest BCUT2D eigenvalue weighted by Crippen LogP contribution is 2.28. The van der Waals surface area contributed by atoms with E-state index in [4.69, 9.17) is 19.3 Å². The second-order valence-corrected chi connectivity index (χ2v) is 6.46. The lowest BCUT2D eigenvalue weighted by molar-refractivity contribution is 0.102. The summed E-state index contributed by atoms with van der Waals surface area (Å²) in [6.45, 7) is 0. The molecule has 2 aromatic carbocycles. The zero-order chi connectivity index (χ0) is 18.6. The first-order valence-electron chi connectivity index (χ1n) is 7.04. The molecule has 1 amide bonds. The van der Waals surface area contributed by atoms with Crippen molar-refractivity contribution in [3.63, 3.8) is 0 Å². The third-order valence-corrected chi connectivity index (χ3v) is 4.31. The van der Waals surface area contributed by atoms with Crippen LogP contribution in [-0.2, 0) is 10.0 Å². The molecule has 0 aliphatic rings. The predicted octanol–water partition coefficient (Wildman–Crippen LogP) is 1.61. The first kappa shape index (κ1) is 18.6. The normalized spacial score (nSPS) is 10.9. The van der Waals surface area contributed by atoms with E-state index in [1.165, 1.54) is 45.6 Å². The summed E-state index contributed by atoms with van der Waals surface area (Å²) in [4.78, 5) is 12.2. The van der Waals surface area contributed by atoms with Gasteiger partial charge in [-0.15, -0.1) is 0 Å². The van der Waals surface area contributed by atoms with Gasteiger partial charge in [-0.1, -0.05) is 0 Å². The molecule has 8 nitrogen and oxygen atoms in total. The number of primary sulfonamides is 1. The van der Waals surface area contributed by atoms with Crippen molar-refractivity contribution < 1.29 is 27.4 Å². The predicted molar refractivity (Wildman–Crippen MR) is 91.9 cm³/mol. The fourth-order valence-corrected chi connectivity index (χ4v) is 2.88. The summed E-state index contributed by atoms with van der Waals surface area (Å²) in [6.07, 6.45) is 0. The molecule has 0 atom stereocenters. The van der Waals surface area contributed by atoms with Gasteiger partial charge in [-0.2, -0.15) is 0 Å². The number of ether oxygens (including phenoxy) is 3. The summed E-state index contributed by atoms with van der Waals surface area (Å²) in [5.74, 6) is 0.457. The Morgan fingerprint density at radius 3 is 2.20 bits per heavy atom. The minimum absolute atomic E-state index is 0.0857. The van der Waals surface area contributed by atoms with Crippen LogP contribution in [0.1, 0.15) is 10.4 Å². The van der Waals surface area contributed by atoms with Crippen molar-refractivity contribution in [3.05, 3.63) is 42.0 Å². The van der Waals surface area contributed by atoms with Gasteiger partial charge in [0.1, 0.15) is 22.1 Å². The average molecular weight is 366 g/mol. The first-order chi connectivity index (χ1) is 11.8. The van der Waals surface area contributed by atoms with Gasteiger partial charge >= 0.3 is 0 Å². The molecule has 0 heterocycles. The lowest BCUT2D eigenvalue weighted by atomic mass is 10.1. The van der Waals surface area contributed by atoms with Crippen molar-refractivity contribution in [1.29, 1.82) is 0 Å². The number of carbonyl (C=O) groups is 1. The SMILES string of the molecule is COc1ccc(C(=O)Nc2ccc(OC)c(S(N)(=O)=O)c2)c(OC)c1. The fraction of sp³-hybridized carbons (Fsp3) is 0.188. The maximum absolute atomic E-state index is 12.5. The molecule has 0 fully saturated rings. The van der Waals surface area contributed by atoms with Crippen LogP contribution >= 0.6 is 0 Å². The van der Waals surface area contributed by atoms with Crippen LogP contribution < -0.4 is 24.7 Å². The average Bonchev–Trinajstić information content (AvgIpc) is 2.60. The summed E-state index contributed by atoms with van der Waals surface area (Å²) < 4.78 is 38.5. The molecule has 3 N–H and O–H groups in total. The molecule has 2 rings (SSSR count). The molecule has 0 radical (unpaired) electrons. The van der Waals surface area contributed by atoms with Crippen molar-refractivity contribution in [1.82, 2.24) is 0 Å². The van der Waals surface area contributed by atoms with Crippen molar-refractivity contribution in [2.45, 2.75) is 4.90 Å². The largest absolute Gasteiger partial charge is 0.497 e. The van der Waals surface area contributed by atoms with Gasteiger partial charge in [0, 0.05) is 11.8 Å². The third kappa shape index (κ3) is 4.20. The number of amides is 1. The Balaban J connectivity index is 2.36. The van der Waals surface area contributed by atoms with Crippen LogP contribution in [0.3, 0.4) is 0 Å². The minimum atomic E-state index is -4.01. The zero-order valence-electron chi connectivity index (χ0n) is 13.9. The molecule has 0 spiro atoms. The molecule has 9 heteroatoms. The van der Waals surface area contributed by atoms with Crippen molar-refractivity contribution in [2.75, 3.05) is 26.6 Å². The van der Waals surface area contributed by atoms with Crippen LogP contribution in [-0.4, -0.2) is 35.7 Å². The molecule has 0 bridgehead atoms. The van der Waals surface area contributed by atoms with Crippen LogP contribution in [0.5, 0.6) is 17.2 Å².